The number of hydrogen-bond donors (Lipinski definition) is 2. The summed E-state index contributed by atoms with van der Waals surface area (Å²) >= 11 is 1.99. The summed E-state index contributed by atoms with van der Waals surface area (Å²) in [7, 11) is 1.99. The minimum Gasteiger partial charge on any atom is -0.379 e. The molecular formula is C20H37N7OS. The van der Waals surface area contributed by atoms with Gasteiger partial charge in [-0.25, -0.2) is 4.99 Å². The van der Waals surface area contributed by atoms with Crippen LogP contribution in [0.2, 0.25) is 0 Å². The quantitative estimate of drug-likeness (QED) is 0.373. The van der Waals surface area contributed by atoms with Gasteiger partial charge >= 0.3 is 0 Å². The van der Waals surface area contributed by atoms with Crippen molar-refractivity contribution in [1.29, 1.82) is 0 Å². The van der Waals surface area contributed by atoms with E-state index in [1.165, 1.54) is 25.7 Å². The molecule has 0 spiro atoms. The first-order valence-corrected chi connectivity index (χ1v) is 12.2. The number of aromatic nitrogens is 3. The number of aliphatic imine (C=N–C) groups is 1. The van der Waals surface area contributed by atoms with E-state index in [4.69, 9.17) is 9.73 Å². The third kappa shape index (κ3) is 7.15. The number of nitrogens with one attached hydrogen (secondary N) is 2. The second-order valence-electron chi connectivity index (χ2n) is 7.99. The van der Waals surface area contributed by atoms with Crippen molar-refractivity contribution in [3.05, 3.63) is 11.6 Å². The van der Waals surface area contributed by atoms with Gasteiger partial charge in [0.15, 0.2) is 11.8 Å². The molecule has 0 radical (unpaired) electrons. The summed E-state index contributed by atoms with van der Waals surface area (Å²) in [6, 6.07) is 0.493. The Kier molecular flexibility index (Phi) is 9.07. The number of hydrogen-bond acceptors (Lipinski definition) is 6. The smallest absolute Gasteiger partial charge is 0.191 e. The van der Waals surface area contributed by atoms with Crippen LogP contribution in [-0.4, -0.2) is 82.6 Å². The average molecular weight is 424 g/mol. The molecule has 2 unspecified atom stereocenters. The lowest BCUT2D eigenvalue weighted by Gasteiger charge is -2.30. The van der Waals surface area contributed by atoms with Crippen LogP contribution in [-0.2, 0) is 18.3 Å². The van der Waals surface area contributed by atoms with E-state index in [0.717, 1.165) is 68.7 Å². The Labute approximate surface area is 179 Å². The SMILES string of the molecule is CSC1CCCC(NC(=NCc2nnc(C)n2C)NCCCN2CCOCC2)C1. The van der Waals surface area contributed by atoms with E-state index in [1.54, 1.807) is 0 Å². The first kappa shape index (κ1) is 22.4. The van der Waals surface area contributed by atoms with Gasteiger partial charge in [-0.1, -0.05) is 6.42 Å². The van der Waals surface area contributed by atoms with Gasteiger partial charge in [-0.2, -0.15) is 11.8 Å². The molecule has 164 valence electrons. The highest BCUT2D eigenvalue weighted by Gasteiger charge is 2.22. The van der Waals surface area contributed by atoms with Crippen molar-refractivity contribution in [3.8, 4) is 0 Å². The van der Waals surface area contributed by atoms with Crippen molar-refractivity contribution >= 4 is 17.7 Å². The van der Waals surface area contributed by atoms with E-state index in [-0.39, 0.29) is 0 Å². The van der Waals surface area contributed by atoms with Gasteiger partial charge < -0.3 is 19.9 Å². The number of ether oxygens (including phenoxy) is 1. The highest BCUT2D eigenvalue weighted by atomic mass is 32.2. The first-order chi connectivity index (χ1) is 14.2. The molecule has 1 aromatic rings. The van der Waals surface area contributed by atoms with Crippen molar-refractivity contribution in [2.75, 3.05) is 45.6 Å². The number of thioether (sulfide) groups is 1. The van der Waals surface area contributed by atoms with Crippen molar-refractivity contribution < 1.29 is 4.74 Å². The van der Waals surface area contributed by atoms with Gasteiger partial charge in [0.1, 0.15) is 12.4 Å². The Morgan fingerprint density at radius 1 is 1.28 bits per heavy atom. The van der Waals surface area contributed by atoms with E-state index in [2.05, 4.69) is 32.0 Å². The normalized spacial score (nSPS) is 23.9. The summed E-state index contributed by atoms with van der Waals surface area (Å²) < 4.78 is 7.43. The van der Waals surface area contributed by atoms with Gasteiger partial charge in [0, 0.05) is 38.0 Å². The number of guanidine groups is 1. The van der Waals surface area contributed by atoms with Gasteiger partial charge in [0.2, 0.25) is 0 Å². The molecule has 1 aliphatic heterocycles. The summed E-state index contributed by atoms with van der Waals surface area (Å²) in [6.07, 6.45) is 8.37. The molecule has 2 atom stereocenters. The Balaban J connectivity index is 1.53. The van der Waals surface area contributed by atoms with Gasteiger partial charge in [-0.3, -0.25) is 4.90 Å². The van der Waals surface area contributed by atoms with Crippen LogP contribution in [0.25, 0.3) is 0 Å². The number of morpholine rings is 1. The fourth-order valence-electron chi connectivity index (χ4n) is 3.91. The lowest BCUT2D eigenvalue weighted by molar-refractivity contribution is 0.0376. The predicted molar refractivity (Wildman–Crippen MR) is 119 cm³/mol. The third-order valence-electron chi connectivity index (χ3n) is 5.91. The van der Waals surface area contributed by atoms with Crippen LogP contribution in [0.15, 0.2) is 4.99 Å². The maximum Gasteiger partial charge on any atom is 0.191 e. The van der Waals surface area contributed by atoms with Gasteiger partial charge in [-0.15, -0.1) is 10.2 Å². The average Bonchev–Trinajstić information content (AvgIpc) is 3.08. The first-order valence-electron chi connectivity index (χ1n) is 10.9. The number of aryl methyl sites for hydroxylation is 1. The van der Waals surface area contributed by atoms with Crippen molar-refractivity contribution in [1.82, 2.24) is 30.3 Å². The minimum absolute atomic E-state index is 0.493. The van der Waals surface area contributed by atoms with Crippen molar-refractivity contribution in [2.24, 2.45) is 12.0 Å². The van der Waals surface area contributed by atoms with Crippen LogP contribution in [0.1, 0.15) is 43.8 Å². The predicted octanol–water partition coefficient (Wildman–Crippen LogP) is 1.56. The second kappa shape index (κ2) is 11.8. The summed E-state index contributed by atoms with van der Waals surface area (Å²) in [5.41, 5.74) is 0. The fourth-order valence-corrected chi connectivity index (χ4v) is 4.74. The highest BCUT2D eigenvalue weighted by Crippen LogP contribution is 2.26. The van der Waals surface area contributed by atoms with Gasteiger partial charge in [0.25, 0.3) is 0 Å². The lowest BCUT2D eigenvalue weighted by atomic mass is 9.95. The standard InChI is InChI=1S/C20H37N7OS/c1-16-24-25-19(26(16)2)15-22-20(23-17-6-4-7-18(14-17)29-3)21-8-5-9-27-10-12-28-13-11-27/h17-18H,4-15H2,1-3H3,(H2,21,22,23). The topological polar surface area (TPSA) is 79.6 Å². The van der Waals surface area contributed by atoms with E-state index in [1.807, 2.05) is 30.3 Å². The minimum atomic E-state index is 0.493. The Morgan fingerprint density at radius 2 is 2.10 bits per heavy atom. The molecule has 8 nitrogen and oxygen atoms in total. The molecule has 0 bridgehead atoms. The molecular weight excluding hydrogens is 386 g/mol. The maximum atomic E-state index is 5.43. The molecule has 2 aliphatic rings. The zero-order valence-electron chi connectivity index (χ0n) is 18.2. The van der Waals surface area contributed by atoms with E-state index in [0.29, 0.717) is 12.6 Å². The second-order valence-corrected chi connectivity index (χ2v) is 9.13. The largest absolute Gasteiger partial charge is 0.379 e. The van der Waals surface area contributed by atoms with Crippen LogP contribution >= 0.6 is 11.8 Å². The Bertz CT molecular complexity index is 645. The molecule has 1 aromatic heterocycles. The van der Waals surface area contributed by atoms with Crippen molar-refractivity contribution in [3.63, 3.8) is 0 Å². The van der Waals surface area contributed by atoms with Crippen LogP contribution < -0.4 is 10.6 Å². The third-order valence-corrected chi connectivity index (χ3v) is 7.00. The molecule has 0 amide bonds. The summed E-state index contributed by atoms with van der Waals surface area (Å²) in [4.78, 5) is 7.30. The van der Waals surface area contributed by atoms with Crippen LogP contribution in [0.3, 0.4) is 0 Å². The Morgan fingerprint density at radius 3 is 2.83 bits per heavy atom. The lowest BCUT2D eigenvalue weighted by Crippen LogP contribution is -2.46. The van der Waals surface area contributed by atoms with Crippen LogP contribution in [0, 0.1) is 6.92 Å². The van der Waals surface area contributed by atoms with Gasteiger partial charge in [-0.05, 0) is 45.4 Å². The number of nitrogens with zero attached hydrogens (tertiary/aromatic N) is 5. The van der Waals surface area contributed by atoms with E-state index in [9.17, 15) is 0 Å². The zero-order valence-corrected chi connectivity index (χ0v) is 19.0. The fraction of sp³-hybridized carbons (Fsp3) is 0.850. The molecule has 0 aromatic carbocycles. The molecule has 2 N–H and O–H groups in total. The molecule has 1 aliphatic carbocycles. The van der Waals surface area contributed by atoms with Gasteiger partial charge in [0.05, 0.1) is 13.2 Å². The summed E-state index contributed by atoms with van der Waals surface area (Å²) in [5.74, 6) is 2.71. The zero-order chi connectivity index (χ0) is 20.5. The molecule has 3 rings (SSSR count). The molecule has 29 heavy (non-hydrogen) atoms. The van der Waals surface area contributed by atoms with E-state index < -0.39 is 0 Å². The molecule has 2 fully saturated rings. The monoisotopic (exact) mass is 423 g/mol. The van der Waals surface area contributed by atoms with E-state index >= 15 is 0 Å². The van der Waals surface area contributed by atoms with Crippen molar-refractivity contribution in [2.45, 2.75) is 56.9 Å². The molecule has 2 heterocycles. The molecule has 1 saturated heterocycles. The summed E-state index contributed by atoms with van der Waals surface area (Å²) in [5, 5.41) is 16.4. The summed E-state index contributed by atoms with van der Waals surface area (Å²) in [6.45, 7) is 8.33. The molecule has 9 heteroatoms. The molecule has 1 saturated carbocycles. The Hall–Kier alpha value is -1.32. The maximum absolute atomic E-state index is 5.43. The highest BCUT2D eigenvalue weighted by molar-refractivity contribution is 7.99. The van der Waals surface area contributed by atoms with Crippen LogP contribution in [0.4, 0.5) is 0 Å². The van der Waals surface area contributed by atoms with Crippen LogP contribution in [0.5, 0.6) is 0 Å². The number of rotatable bonds is 8.